The zero-order chi connectivity index (χ0) is 13.4. The number of amides is 2. The first-order valence-corrected chi connectivity index (χ1v) is 6.45. The summed E-state index contributed by atoms with van der Waals surface area (Å²) in [6.07, 6.45) is 3.30. The van der Waals surface area contributed by atoms with Crippen LogP contribution in [0.4, 0.5) is 4.79 Å². The molecular weight excluding hydrogens is 236 g/mol. The monoisotopic (exact) mass is 258 g/mol. The summed E-state index contributed by atoms with van der Waals surface area (Å²) < 4.78 is 5.43. The van der Waals surface area contributed by atoms with Gasteiger partial charge in [0.05, 0.1) is 0 Å². The maximum absolute atomic E-state index is 11.6. The number of likely N-dealkylation sites (N-methyl/N-ethyl adjacent to an activating group) is 1. The summed E-state index contributed by atoms with van der Waals surface area (Å²) in [5, 5.41) is 11.3. The maximum atomic E-state index is 11.6. The molecule has 0 spiro atoms. The first kappa shape index (κ1) is 14.8. The highest BCUT2D eigenvalue weighted by Gasteiger charge is 2.20. The van der Waals surface area contributed by atoms with Gasteiger partial charge in [-0.05, 0) is 32.1 Å². The molecule has 2 N–H and O–H groups in total. The highest BCUT2D eigenvalue weighted by Crippen LogP contribution is 2.28. The van der Waals surface area contributed by atoms with Crippen LogP contribution in [0.15, 0.2) is 0 Å². The predicted molar refractivity (Wildman–Crippen MR) is 66.4 cm³/mol. The highest BCUT2D eigenvalue weighted by molar-refractivity contribution is 5.79. The Kier molecular flexibility index (Phi) is 6.49. The van der Waals surface area contributed by atoms with Crippen LogP contribution in [0.3, 0.4) is 0 Å². The SMILES string of the molecule is CCN(CC(=O)O)C(=O)NCCCOCC1CC1. The molecule has 1 aliphatic rings. The van der Waals surface area contributed by atoms with Crippen LogP contribution in [0.25, 0.3) is 0 Å². The Morgan fingerprint density at radius 1 is 1.44 bits per heavy atom. The Labute approximate surface area is 107 Å². The minimum atomic E-state index is -1.00. The Morgan fingerprint density at radius 3 is 2.72 bits per heavy atom. The van der Waals surface area contributed by atoms with Gasteiger partial charge in [0.15, 0.2) is 0 Å². The summed E-state index contributed by atoms with van der Waals surface area (Å²) in [6, 6.07) is -0.331. The molecule has 0 aliphatic heterocycles. The predicted octanol–water partition coefficient (Wildman–Crippen LogP) is 0.919. The average Bonchev–Trinajstić information content (AvgIpc) is 3.13. The van der Waals surface area contributed by atoms with Gasteiger partial charge in [0.1, 0.15) is 6.54 Å². The molecule has 6 heteroatoms. The van der Waals surface area contributed by atoms with Crippen LogP contribution in [0.5, 0.6) is 0 Å². The molecule has 0 saturated heterocycles. The number of rotatable bonds is 9. The molecular formula is C12H22N2O4. The van der Waals surface area contributed by atoms with Crippen LogP contribution >= 0.6 is 0 Å². The molecule has 18 heavy (non-hydrogen) atoms. The normalized spacial score (nSPS) is 14.3. The van der Waals surface area contributed by atoms with Crippen LogP contribution < -0.4 is 5.32 Å². The number of hydrogen-bond donors (Lipinski definition) is 2. The molecule has 1 fully saturated rings. The molecule has 0 aromatic carbocycles. The summed E-state index contributed by atoms with van der Waals surface area (Å²) in [5.74, 6) is -0.245. The first-order valence-electron chi connectivity index (χ1n) is 6.45. The lowest BCUT2D eigenvalue weighted by Crippen LogP contribution is -2.43. The van der Waals surface area contributed by atoms with Crippen molar-refractivity contribution in [3.8, 4) is 0 Å². The van der Waals surface area contributed by atoms with Crippen molar-refractivity contribution in [1.82, 2.24) is 10.2 Å². The maximum Gasteiger partial charge on any atom is 0.323 e. The number of carbonyl (C=O) groups excluding carboxylic acids is 1. The van der Waals surface area contributed by atoms with Crippen molar-refractivity contribution >= 4 is 12.0 Å². The Bertz CT molecular complexity index is 279. The van der Waals surface area contributed by atoms with E-state index in [-0.39, 0.29) is 12.6 Å². The number of urea groups is 1. The van der Waals surface area contributed by atoms with Crippen LogP contribution in [0, 0.1) is 5.92 Å². The molecule has 0 unspecified atom stereocenters. The third-order valence-corrected chi connectivity index (χ3v) is 2.79. The molecule has 0 aromatic heterocycles. The molecule has 1 aliphatic carbocycles. The van der Waals surface area contributed by atoms with Crippen molar-refractivity contribution in [2.45, 2.75) is 26.2 Å². The third kappa shape index (κ3) is 6.44. The summed E-state index contributed by atoms with van der Waals surface area (Å²) >= 11 is 0. The van der Waals surface area contributed by atoms with Crippen molar-refractivity contribution in [2.24, 2.45) is 5.92 Å². The van der Waals surface area contributed by atoms with E-state index in [0.29, 0.717) is 19.7 Å². The summed E-state index contributed by atoms with van der Waals surface area (Å²) in [6.45, 7) is 3.85. The fourth-order valence-electron chi connectivity index (χ4n) is 1.51. The molecule has 2 amide bonds. The summed E-state index contributed by atoms with van der Waals surface area (Å²) in [5.41, 5.74) is 0. The van der Waals surface area contributed by atoms with Crippen molar-refractivity contribution in [2.75, 3.05) is 32.8 Å². The molecule has 0 aromatic rings. The van der Waals surface area contributed by atoms with Crippen molar-refractivity contribution in [3.05, 3.63) is 0 Å². The second-order valence-corrected chi connectivity index (χ2v) is 4.51. The number of aliphatic carboxylic acids is 1. The number of carbonyl (C=O) groups is 2. The van der Waals surface area contributed by atoms with Gasteiger partial charge in [-0.25, -0.2) is 4.79 Å². The van der Waals surface area contributed by atoms with Gasteiger partial charge in [-0.15, -0.1) is 0 Å². The number of hydrogen-bond acceptors (Lipinski definition) is 3. The highest BCUT2D eigenvalue weighted by atomic mass is 16.5. The molecule has 1 rings (SSSR count). The minimum Gasteiger partial charge on any atom is -0.480 e. The van der Waals surface area contributed by atoms with E-state index in [0.717, 1.165) is 18.9 Å². The van der Waals surface area contributed by atoms with E-state index in [4.69, 9.17) is 9.84 Å². The van der Waals surface area contributed by atoms with Crippen molar-refractivity contribution in [1.29, 1.82) is 0 Å². The van der Waals surface area contributed by atoms with Gasteiger partial charge >= 0.3 is 12.0 Å². The quantitative estimate of drug-likeness (QED) is 0.603. The van der Waals surface area contributed by atoms with Crippen LogP contribution in [0.1, 0.15) is 26.2 Å². The number of nitrogens with one attached hydrogen (secondary N) is 1. The largest absolute Gasteiger partial charge is 0.480 e. The standard InChI is InChI=1S/C12H22N2O4/c1-2-14(8-11(15)16)12(17)13-6-3-7-18-9-10-4-5-10/h10H,2-9H2,1H3,(H,13,17)(H,15,16). The summed E-state index contributed by atoms with van der Waals surface area (Å²) in [7, 11) is 0. The second-order valence-electron chi connectivity index (χ2n) is 4.51. The lowest BCUT2D eigenvalue weighted by atomic mass is 10.4. The molecule has 0 bridgehead atoms. The van der Waals surface area contributed by atoms with E-state index in [1.807, 2.05) is 0 Å². The Hall–Kier alpha value is -1.30. The fraction of sp³-hybridized carbons (Fsp3) is 0.833. The molecule has 0 atom stereocenters. The smallest absolute Gasteiger partial charge is 0.323 e. The molecule has 6 nitrogen and oxygen atoms in total. The lowest BCUT2D eigenvalue weighted by Gasteiger charge is -2.19. The average molecular weight is 258 g/mol. The van der Waals surface area contributed by atoms with Crippen LogP contribution in [-0.4, -0.2) is 54.9 Å². The number of nitrogens with zero attached hydrogens (tertiary/aromatic N) is 1. The molecule has 0 radical (unpaired) electrons. The Balaban J connectivity index is 2.01. The molecule has 1 saturated carbocycles. The zero-order valence-electron chi connectivity index (χ0n) is 10.9. The lowest BCUT2D eigenvalue weighted by molar-refractivity contribution is -0.137. The van der Waals surface area contributed by atoms with E-state index >= 15 is 0 Å². The zero-order valence-corrected chi connectivity index (χ0v) is 10.9. The molecule has 0 heterocycles. The second kappa shape index (κ2) is 7.92. The van der Waals surface area contributed by atoms with Gasteiger partial charge in [-0.2, -0.15) is 0 Å². The van der Waals surface area contributed by atoms with Gasteiger partial charge in [0.25, 0.3) is 0 Å². The Morgan fingerprint density at radius 2 is 2.17 bits per heavy atom. The minimum absolute atomic E-state index is 0.263. The van der Waals surface area contributed by atoms with Crippen molar-refractivity contribution in [3.63, 3.8) is 0 Å². The summed E-state index contributed by atoms with van der Waals surface area (Å²) in [4.78, 5) is 23.3. The van der Waals surface area contributed by atoms with Gasteiger partial charge in [0.2, 0.25) is 0 Å². The van der Waals surface area contributed by atoms with Gasteiger partial charge in [0, 0.05) is 26.3 Å². The van der Waals surface area contributed by atoms with E-state index in [1.165, 1.54) is 17.7 Å². The van der Waals surface area contributed by atoms with E-state index in [1.54, 1.807) is 6.92 Å². The molecule has 104 valence electrons. The van der Waals surface area contributed by atoms with Gasteiger partial charge < -0.3 is 20.1 Å². The van der Waals surface area contributed by atoms with Crippen molar-refractivity contribution < 1.29 is 19.4 Å². The van der Waals surface area contributed by atoms with E-state index in [9.17, 15) is 9.59 Å². The van der Waals surface area contributed by atoms with Gasteiger partial charge in [-0.3, -0.25) is 4.79 Å². The van der Waals surface area contributed by atoms with Crippen LogP contribution in [-0.2, 0) is 9.53 Å². The fourth-order valence-corrected chi connectivity index (χ4v) is 1.51. The number of carboxylic acid groups (broad SMARTS) is 1. The topological polar surface area (TPSA) is 78.9 Å². The van der Waals surface area contributed by atoms with Gasteiger partial charge in [-0.1, -0.05) is 0 Å². The van der Waals surface area contributed by atoms with E-state index in [2.05, 4.69) is 5.32 Å². The number of ether oxygens (including phenoxy) is 1. The van der Waals surface area contributed by atoms with E-state index < -0.39 is 5.97 Å². The first-order chi connectivity index (χ1) is 8.63. The third-order valence-electron chi connectivity index (χ3n) is 2.79. The number of carboxylic acids is 1. The van der Waals surface area contributed by atoms with Crippen LogP contribution in [0.2, 0.25) is 0 Å².